The molecule has 0 aliphatic heterocycles. The minimum absolute atomic E-state index is 0.583. The molecule has 0 unspecified atom stereocenters. The summed E-state index contributed by atoms with van der Waals surface area (Å²) < 4.78 is 10.9. The van der Waals surface area contributed by atoms with Crippen LogP contribution in [0.5, 0.6) is 11.5 Å². The first-order valence-electron chi connectivity index (χ1n) is 9.38. The lowest BCUT2D eigenvalue weighted by atomic mass is 10.1. The van der Waals surface area contributed by atoms with Crippen LogP contribution in [0.3, 0.4) is 0 Å². The second-order valence-electron chi connectivity index (χ2n) is 6.17. The second kappa shape index (κ2) is 11.9. The first-order valence-corrected chi connectivity index (χ1v) is 11.0. The second-order valence-corrected chi connectivity index (χ2v) is 6.98. The van der Waals surface area contributed by atoms with Crippen molar-refractivity contribution in [1.82, 2.24) is 4.98 Å². The first kappa shape index (κ1) is 22.4. The predicted molar refractivity (Wildman–Crippen MR) is 125 cm³/mol. The molecule has 3 N–H and O–H groups in total. The smallest absolute Gasteiger partial charge is 0.161 e. The number of nitrogen functional groups attached to an aromatic ring is 1. The van der Waals surface area contributed by atoms with Gasteiger partial charge in [-0.05, 0) is 48.8 Å². The number of methoxy groups -OCH3 is 1. The Morgan fingerprint density at radius 2 is 1.76 bits per heavy atom. The Balaban J connectivity index is 0.000000941. The minimum atomic E-state index is 0.583. The fraction of sp³-hybridized carbons (Fsp3) is 0.261. The third-order valence-electron chi connectivity index (χ3n) is 4.06. The molecule has 6 heteroatoms. The van der Waals surface area contributed by atoms with Crippen LogP contribution < -0.4 is 20.5 Å². The van der Waals surface area contributed by atoms with Crippen molar-refractivity contribution in [2.75, 3.05) is 37.3 Å². The largest absolute Gasteiger partial charge is 0.493 e. The SMILES string of the molecule is CCOc1cc(CNc2nccc(-c3ccccc3)c2N)ccc1OC.CSC. The van der Waals surface area contributed by atoms with E-state index in [1.807, 2.05) is 74.0 Å². The van der Waals surface area contributed by atoms with Crippen LogP contribution in [0.25, 0.3) is 11.1 Å². The van der Waals surface area contributed by atoms with Gasteiger partial charge in [-0.3, -0.25) is 0 Å². The van der Waals surface area contributed by atoms with Crippen LogP contribution in [0.2, 0.25) is 0 Å². The van der Waals surface area contributed by atoms with Gasteiger partial charge in [0.2, 0.25) is 0 Å². The van der Waals surface area contributed by atoms with E-state index in [0.717, 1.165) is 28.2 Å². The highest BCUT2D eigenvalue weighted by Gasteiger charge is 2.09. The lowest BCUT2D eigenvalue weighted by Gasteiger charge is -2.14. The van der Waals surface area contributed by atoms with Crippen molar-refractivity contribution >= 4 is 23.3 Å². The average Bonchev–Trinajstić information content (AvgIpc) is 2.75. The summed E-state index contributed by atoms with van der Waals surface area (Å²) in [6, 6.07) is 17.8. The van der Waals surface area contributed by atoms with E-state index < -0.39 is 0 Å². The van der Waals surface area contributed by atoms with Gasteiger partial charge >= 0.3 is 0 Å². The van der Waals surface area contributed by atoms with Crippen LogP contribution in [0.4, 0.5) is 11.5 Å². The molecule has 0 spiro atoms. The number of anilines is 2. The van der Waals surface area contributed by atoms with Crippen molar-refractivity contribution < 1.29 is 9.47 Å². The van der Waals surface area contributed by atoms with Crippen LogP contribution in [0.1, 0.15) is 12.5 Å². The van der Waals surface area contributed by atoms with Crippen molar-refractivity contribution in [2.45, 2.75) is 13.5 Å². The highest BCUT2D eigenvalue weighted by Crippen LogP contribution is 2.31. The Bertz CT molecular complexity index is 889. The van der Waals surface area contributed by atoms with Crippen molar-refractivity contribution in [1.29, 1.82) is 0 Å². The summed E-state index contributed by atoms with van der Waals surface area (Å²) in [4.78, 5) is 4.38. The first-order chi connectivity index (χ1) is 14.1. The topological polar surface area (TPSA) is 69.4 Å². The zero-order chi connectivity index (χ0) is 21.1. The molecule has 2 aromatic carbocycles. The van der Waals surface area contributed by atoms with Gasteiger partial charge in [0, 0.05) is 18.3 Å². The zero-order valence-corrected chi connectivity index (χ0v) is 18.3. The highest BCUT2D eigenvalue weighted by atomic mass is 32.2. The Kier molecular flexibility index (Phi) is 9.18. The molecule has 5 nitrogen and oxygen atoms in total. The maximum absolute atomic E-state index is 6.33. The van der Waals surface area contributed by atoms with Gasteiger partial charge in [-0.25, -0.2) is 4.98 Å². The Hall–Kier alpha value is -2.86. The summed E-state index contributed by atoms with van der Waals surface area (Å²) in [5, 5.41) is 3.31. The van der Waals surface area contributed by atoms with Gasteiger partial charge in [-0.2, -0.15) is 11.8 Å². The molecule has 0 bridgehead atoms. The third-order valence-corrected chi connectivity index (χ3v) is 4.06. The van der Waals surface area contributed by atoms with E-state index in [1.165, 1.54) is 0 Å². The number of thioether (sulfide) groups is 1. The van der Waals surface area contributed by atoms with Crippen LogP contribution in [-0.2, 0) is 6.54 Å². The van der Waals surface area contributed by atoms with Gasteiger partial charge in [0.05, 0.1) is 19.4 Å². The molecule has 3 rings (SSSR count). The molecule has 0 fully saturated rings. The fourth-order valence-electron chi connectivity index (χ4n) is 2.77. The molecule has 29 heavy (non-hydrogen) atoms. The van der Waals surface area contributed by atoms with E-state index >= 15 is 0 Å². The van der Waals surface area contributed by atoms with Crippen molar-refractivity contribution in [3.63, 3.8) is 0 Å². The number of rotatable bonds is 7. The van der Waals surface area contributed by atoms with E-state index in [0.29, 0.717) is 24.7 Å². The van der Waals surface area contributed by atoms with Gasteiger partial charge < -0.3 is 20.5 Å². The molecule has 0 aliphatic carbocycles. The number of hydrogen-bond donors (Lipinski definition) is 2. The quantitative estimate of drug-likeness (QED) is 0.548. The van der Waals surface area contributed by atoms with E-state index in [9.17, 15) is 0 Å². The molecule has 0 amide bonds. The maximum atomic E-state index is 6.33. The summed E-state index contributed by atoms with van der Waals surface area (Å²) in [5.41, 5.74) is 10.1. The van der Waals surface area contributed by atoms with Gasteiger partial charge in [0.1, 0.15) is 5.82 Å². The minimum Gasteiger partial charge on any atom is -0.493 e. The van der Waals surface area contributed by atoms with E-state index in [1.54, 1.807) is 25.1 Å². The number of nitrogens with zero attached hydrogens (tertiary/aromatic N) is 1. The molecule has 0 atom stereocenters. The van der Waals surface area contributed by atoms with Crippen molar-refractivity contribution in [2.24, 2.45) is 0 Å². The monoisotopic (exact) mass is 411 g/mol. The van der Waals surface area contributed by atoms with Crippen molar-refractivity contribution in [3.8, 4) is 22.6 Å². The van der Waals surface area contributed by atoms with Crippen LogP contribution >= 0.6 is 11.8 Å². The van der Waals surface area contributed by atoms with Gasteiger partial charge in [-0.15, -0.1) is 0 Å². The van der Waals surface area contributed by atoms with Gasteiger partial charge in [0.15, 0.2) is 11.5 Å². The molecule has 0 saturated heterocycles. The molecule has 0 radical (unpaired) electrons. The average molecular weight is 412 g/mol. The molecule has 0 aliphatic rings. The predicted octanol–water partition coefficient (Wildman–Crippen LogP) is 5.33. The molecule has 3 aromatic rings. The molecule has 1 aromatic heterocycles. The molecule has 1 heterocycles. The molecular formula is C23H29N3O2S. The maximum Gasteiger partial charge on any atom is 0.161 e. The summed E-state index contributed by atoms with van der Waals surface area (Å²) >= 11 is 1.75. The standard InChI is InChI=1S/C21H23N3O2.C2H6S/c1-3-26-19-13-15(9-10-18(19)25-2)14-24-21-20(22)17(11-12-23-21)16-7-5-4-6-8-16;1-3-2/h4-13H,3,14,22H2,1-2H3,(H,23,24);1-2H3. The lowest BCUT2D eigenvalue weighted by Crippen LogP contribution is -2.06. The summed E-state index contributed by atoms with van der Waals surface area (Å²) in [5.74, 6) is 2.12. The van der Waals surface area contributed by atoms with E-state index in [-0.39, 0.29) is 0 Å². The van der Waals surface area contributed by atoms with Gasteiger partial charge in [0.25, 0.3) is 0 Å². The number of benzene rings is 2. The van der Waals surface area contributed by atoms with Gasteiger partial charge in [-0.1, -0.05) is 36.4 Å². The summed E-state index contributed by atoms with van der Waals surface area (Å²) in [7, 11) is 1.63. The molecule has 0 saturated carbocycles. The Morgan fingerprint density at radius 3 is 2.41 bits per heavy atom. The van der Waals surface area contributed by atoms with Crippen LogP contribution in [-0.4, -0.2) is 31.2 Å². The highest BCUT2D eigenvalue weighted by molar-refractivity contribution is 7.97. The number of aromatic nitrogens is 1. The lowest BCUT2D eigenvalue weighted by molar-refractivity contribution is 0.310. The number of pyridine rings is 1. The molecule has 154 valence electrons. The summed E-state index contributed by atoms with van der Waals surface area (Å²) in [6.07, 6.45) is 5.85. The Labute approximate surface area is 177 Å². The summed E-state index contributed by atoms with van der Waals surface area (Å²) in [6.45, 7) is 3.12. The number of nitrogens with two attached hydrogens (primary N) is 1. The van der Waals surface area contributed by atoms with Crippen LogP contribution in [0, 0.1) is 0 Å². The number of hydrogen-bond acceptors (Lipinski definition) is 6. The van der Waals surface area contributed by atoms with E-state index in [2.05, 4.69) is 10.3 Å². The fourth-order valence-corrected chi connectivity index (χ4v) is 2.77. The van der Waals surface area contributed by atoms with E-state index in [4.69, 9.17) is 15.2 Å². The Morgan fingerprint density at radius 1 is 1.03 bits per heavy atom. The number of ether oxygens (including phenoxy) is 2. The number of nitrogens with one attached hydrogen (secondary N) is 1. The molecular weight excluding hydrogens is 382 g/mol. The zero-order valence-electron chi connectivity index (χ0n) is 17.4. The van der Waals surface area contributed by atoms with Crippen molar-refractivity contribution in [3.05, 3.63) is 66.4 Å². The normalized spacial score (nSPS) is 9.93. The third kappa shape index (κ3) is 6.32. The van der Waals surface area contributed by atoms with Crippen LogP contribution in [0.15, 0.2) is 60.8 Å².